The van der Waals surface area contributed by atoms with E-state index < -0.39 is 0 Å². The van der Waals surface area contributed by atoms with Crippen LogP contribution < -0.4 is 20.1 Å². The van der Waals surface area contributed by atoms with Gasteiger partial charge in [0.25, 0.3) is 0 Å². The number of rotatable bonds is 4. The van der Waals surface area contributed by atoms with E-state index in [4.69, 9.17) is 9.47 Å². The van der Waals surface area contributed by atoms with Crippen molar-refractivity contribution >= 4 is 28.3 Å². The van der Waals surface area contributed by atoms with Crippen LogP contribution in [0.3, 0.4) is 0 Å². The van der Waals surface area contributed by atoms with Crippen molar-refractivity contribution in [1.29, 1.82) is 0 Å². The number of nitrogens with one attached hydrogen (secondary N) is 3. The van der Waals surface area contributed by atoms with Crippen LogP contribution in [0.25, 0.3) is 10.9 Å². The lowest BCUT2D eigenvalue weighted by Gasteiger charge is -2.11. The predicted octanol–water partition coefficient (Wildman–Crippen LogP) is 4.14. The van der Waals surface area contributed by atoms with Crippen LogP contribution in [0.1, 0.15) is 5.69 Å². The highest BCUT2D eigenvalue weighted by atomic mass is 16.5. The number of anilines is 2. The highest BCUT2D eigenvalue weighted by molar-refractivity contribution is 6.05. The van der Waals surface area contributed by atoms with Crippen LogP contribution in [-0.4, -0.2) is 25.2 Å². The van der Waals surface area contributed by atoms with Gasteiger partial charge in [-0.05, 0) is 37.3 Å². The van der Waals surface area contributed by atoms with Gasteiger partial charge < -0.3 is 25.1 Å². The lowest BCUT2D eigenvalue weighted by atomic mass is 10.2. The number of carbonyl (C=O) groups excluding carboxylic acids is 1. The van der Waals surface area contributed by atoms with Gasteiger partial charge in [0.1, 0.15) is 0 Å². The lowest BCUT2D eigenvalue weighted by Crippen LogP contribution is -2.19. The summed E-state index contributed by atoms with van der Waals surface area (Å²) in [7, 11) is 3.12. The summed E-state index contributed by atoms with van der Waals surface area (Å²) in [6, 6.07) is 12.6. The summed E-state index contributed by atoms with van der Waals surface area (Å²) in [6.07, 6.45) is 0. The van der Waals surface area contributed by atoms with E-state index in [0.717, 1.165) is 22.3 Å². The molecular formula is C18H19N3O3. The number of methoxy groups -OCH3 is 2. The van der Waals surface area contributed by atoms with E-state index in [1.807, 2.05) is 31.2 Å². The first-order valence-electron chi connectivity index (χ1n) is 7.49. The van der Waals surface area contributed by atoms with Gasteiger partial charge >= 0.3 is 6.03 Å². The van der Waals surface area contributed by atoms with Crippen molar-refractivity contribution in [2.24, 2.45) is 0 Å². The van der Waals surface area contributed by atoms with Crippen LogP contribution in [0.2, 0.25) is 0 Å². The molecule has 6 nitrogen and oxygen atoms in total. The Morgan fingerprint density at radius 1 is 1.00 bits per heavy atom. The van der Waals surface area contributed by atoms with Gasteiger partial charge in [0.15, 0.2) is 11.5 Å². The molecular weight excluding hydrogens is 306 g/mol. The van der Waals surface area contributed by atoms with E-state index in [-0.39, 0.29) is 6.03 Å². The normalized spacial score (nSPS) is 10.5. The number of amides is 2. The maximum Gasteiger partial charge on any atom is 0.323 e. The minimum Gasteiger partial charge on any atom is -0.493 e. The maximum atomic E-state index is 12.3. The molecule has 3 aromatic rings. The average Bonchev–Trinajstić information content (AvgIpc) is 2.96. The number of hydrogen-bond donors (Lipinski definition) is 3. The molecule has 0 bridgehead atoms. The summed E-state index contributed by atoms with van der Waals surface area (Å²) in [5, 5.41) is 6.63. The molecule has 0 spiro atoms. The fourth-order valence-electron chi connectivity index (χ4n) is 2.60. The Kier molecular flexibility index (Phi) is 4.29. The molecule has 2 amide bonds. The molecule has 24 heavy (non-hydrogen) atoms. The van der Waals surface area contributed by atoms with E-state index in [0.29, 0.717) is 17.2 Å². The molecule has 0 unspecified atom stereocenters. The highest BCUT2D eigenvalue weighted by Crippen LogP contribution is 2.30. The molecule has 0 aliphatic rings. The Hall–Kier alpha value is -3.15. The first kappa shape index (κ1) is 15.7. The van der Waals surface area contributed by atoms with Crippen molar-refractivity contribution in [3.63, 3.8) is 0 Å². The summed E-state index contributed by atoms with van der Waals surface area (Å²) in [5.74, 6) is 1.16. The average molecular weight is 325 g/mol. The van der Waals surface area contributed by atoms with Gasteiger partial charge in [-0.15, -0.1) is 0 Å². The Morgan fingerprint density at radius 2 is 1.79 bits per heavy atom. The van der Waals surface area contributed by atoms with Gasteiger partial charge in [0, 0.05) is 28.4 Å². The van der Waals surface area contributed by atoms with Crippen LogP contribution >= 0.6 is 0 Å². The molecule has 0 aliphatic heterocycles. The minimum absolute atomic E-state index is 0.325. The van der Waals surface area contributed by atoms with Gasteiger partial charge in [0.05, 0.1) is 19.9 Å². The molecule has 3 rings (SSSR count). The molecule has 2 aromatic carbocycles. The molecule has 0 atom stereocenters. The van der Waals surface area contributed by atoms with Crippen molar-refractivity contribution in [2.75, 3.05) is 24.9 Å². The summed E-state index contributed by atoms with van der Waals surface area (Å²) >= 11 is 0. The number of urea groups is 1. The molecule has 6 heteroatoms. The van der Waals surface area contributed by atoms with Crippen molar-refractivity contribution in [2.45, 2.75) is 6.92 Å². The van der Waals surface area contributed by atoms with Crippen LogP contribution in [-0.2, 0) is 0 Å². The molecule has 0 radical (unpaired) electrons. The summed E-state index contributed by atoms with van der Waals surface area (Å²) in [6.45, 7) is 1.98. The van der Waals surface area contributed by atoms with E-state index in [9.17, 15) is 4.79 Å². The van der Waals surface area contributed by atoms with Crippen molar-refractivity contribution < 1.29 is 14.3 Å². The Morgan fingerprint density at radius 3 is 2.54 bits per heavy atom. The maximum absolute atomic E-state index is 12.3. The highest BCUT2D eigenvalue weighted by Gasteiger charge is 2.10. The number of fused-ring (bicyclic) bond motifs is 1. The van der Waals surface area contributed by atoms with Crippen LogP contribution in [0.15, 0.2) is 42.5 Å². The largest absolute Gasteiger partial charge is 0.493 e. The summed E-state index contributed by atoms with van der Waals surface area (Å²) < 4.78 is 10.4. The Labute approximate surface area is 139 Å². The van der Waals surface area contributed by atoms with Gasteiger partial charge in [-0.1, -0.05) is 6.07 Å². The number of carbonyl (C=O) groups is 1. The topological polar surface area (TPSA) is 75.4 Å². The fourth-order valence-corrected chi connectivity index (χ4v) is 2.60. The molecule has 124 valence electrons. The number of H-pyrrole nitrogens is 1. The molecule has 0 saturated carbocycles. The van der Waals surface area contributed by atoms with E-state index in [1.54, 1.807) is 32.4 Å². The first-order valence-corrected chi connectivity index (χ1v) is 7.49. The van der Waals surface area contributed by atoms with Crippen LogP contribution in [0.5, 0.6) is 11.5 Å². The molecule has 0 saturated heterocycles. The predicted molar refractivity (Wildman–Crippen MR) is 95.2 cm³/mol. The van der Waals surface area contributed by atoms with Crippen LogP contribution in [0.4, 0.5) is 16.2 Å². The van der Waals surface area contributed by atoms with Crippen molar-refractivity contribution in [1.82, 2.24) is 4.98 Å². The SMILES string of the molecule is COc1ccc(NC(=O)Nc2cccc3[nH]c(C)cc23)cc1OC. The summed E-state index contributed by atoms with van der Waals surface area (Å²) in [5.41, 5.74) is 3.38. The monoisotopic (exact) mass is 325 g/mol. The molecule has 1 aromatic heterocycles. The third-order valence-electron chi connectivity index (χ3n) is 3.69. The second-order valence-electron chi connectivity index (χ2n) is 5.37. The molecule has 3 N–H and O–H groups in total. The van der Waals surface area contributed by atoms with Crippen molar-refractivity contribution in [3.05, 3.63) is 48.2 Å². The first-order chi connectivity index (χ1) is 11.6. The van der Waals surface area contributed by atoms with Gasteiger partial charge in [-0.3, -0.25) is 0 Å². The van der Waals surface area contributed by atoms with Gasteiger partial charge in [-0.25, -0.2) is 4.79 Å². The van der Waals surface area contributed by atoms with E-state index in [2.05, 4.69) is 15.6 Å². The fraction of sp³-hybridized carbons (Fsp3) is 0.167. The number of ether oxygens (including phenoxy) is 2. The van der Waals surface area contributed by atoms with Gasteiger partial charge in [-0.2, -0.15) is 0 Å². The standard InChI is InChI=1S/C18H19N3O3/c1-11-9-13-14(19-11)5-4-6-15(13)21-18(22)20-12-7-8-16(23-2)17(10-12)24-3/h4-10,19H,1-3H3,(H2,20,21,22). The Balaban J connectivity index is 1.78. The second-order valence-corrected chi connectivity index (χ2v) is 5.37. The molecule has 0 aliphatic carbocycles. The van der Waals surface area contributed by atoms with Crippen LogP contribution in [0, 0.1) is 6.92 Å². The zero-order valence-corrected chi connectivity index (χ0v) is 13.8. The smallest absolute Gasteiger partial charge is 0.323 e. The zero-order valence-electron chi connectivity index (χ0n) is 13.8. The number of aryl methyl sites for hydroxylation is 1. The van der Waals surface area contributed by atoms with Crippen molar-refractivity contribution in [3.8, 4) is 11.5 Å². The van der Waals surface area contributed by atoms with Gasteiger partial charge in [0.2, 0.25) is 0 Å². The molecule has 1 heterocycles. The molecule has 0 fully saturated rings. The minimum atomic E-state index is -0.325. The number of aromatic nitrogens is 1. The number of hydrogen-bond acceptors (Lipinski definition) is 3. The third-order valence-corrected chi connectivity index (χ3v) is 3.69. The van der Waals surface area contributed by atoms with E-state index >= 15 is 0 Å². The quantitative estimate of drug-likeness (QED) is 0.675. The third kappa shape index (κ3) is 3.12. The van der Waals surface area contributed by atoms with E-state index in [1.165, 1.54) is 0 Å². The second kappa shape index (κ2) is 6.54. The number of aromatic amines is 1. The lowest BCUT2D eigenvalue weighted by molar-refractivity contribution is 0.262. The number of benzene rings is 2. The zero-order chi connectivity index (χ0) is 17.1. The summed E-state index contributed by atoms with van der Waals surface area (Å²) in [4.78, 5) is 15.5. The Bertz CT molecular complexity index is 886.